The Kier molecular flexibility index (Phi) is 3.46. The second-order valence-electron chi connectivity index (χ2n) is 4.99. The van der Waals surface area contributed by atoms with Crippen molar-refractivity contribution >= 4 is 37.0 Å². The second-order valence-corrected chi connectivity index (χ2v) is 8.63. The SMILES string of the molecule is Cc1c(C(=O)NCC2(C)CC2)csc1S(=O)(=O)Cl. The minimum Gasteiger partial charge on any atom is -0.351 e. The van der Waals surface area contributed by atoms with Crippen LogP contribution >= 0.6 is 22.0 Å². The highest BCUT2D eigenvalue weighted by molar-refractivity contribution is 8.15. The third kappa shape index (κ3) is 2.87. The molecule has 7 heteroatoms. The smallest absolute Gasteiger partial charge is 0.271 e. The topological polar surface area (TPSA) is 63.2 Å². The predicted octanol–water partition coefficient (Wildman–Crippen LogP) is 2.51. The van der Waals surface area contributed by atoms with Crippen molar-refractivity contribution in [2.75, 3.05) is 6.54 Å². The summed E-state index contributed by atoms with van der Waals surface area (Å²) in [7, 11) is 1.53. The van der Waals surface area contributed by atoms with Gasteiger partial charge in [-0.3, -0.25) is 4.79 Å². The molecule has 1 aromatic heterocycles. The summed E-state index contributed by atoms with van der Waals surface area (Å²) in [5, 5.41) is 4.37. The molecule has 1 aliphatic rings. The molecule has 100 valence electrons. The molecule has 1 saturated carbocycles. The molecular weight excluding hydrogens is 294 g/mol. The minimum atomic E-state index is -3.77. The van der Waals surface area contributed by atoms with E-state index < -0.39 is 9.05 Å². The monoisotopic (exact) mass is 307 g/mol. The van der Waals surface area contributed by atoms with Crippen molar-refractivity contribution in [2.45, 2.75) is 30.9 Å². The fourth-order valence-electron chi connectivity index (χ4n) is 1.64. The molecule has 0 saturated heterocycles. The number of hydrogen-bond donors (Lipinski definition) is 1. The molecule has 18 heavy (non-hydrogen) atoms. The Balaban J connectivity index is 2.14. The van der Waals surface area contributed by atoms with Crippen LogP contribution in [0.4, 0.5) is 0 Å². The van der Waals surface area contributed by atoms with Crippen LogP contribution in [0.25, 0.3) is 0 Å². The van der Waals surface area contributed by atoms with Crippen molar-refractivity contribution in [1.29, 1.82) is 0 Å². The molecular formula is C11H14ClNO3S2. The summed E-state index contributed by atoms with van der Waals surface area (Å²) in [5.74, 6) is -0.233. The zero-order valence-corrected chi connectivity index (χ0v) is 12.5. The van der Waals surface area contributed by atoms with E-state index in [1.807, 2.05) is 0 Å². The fourth-order valence-corrected chi connectivity index (χ4v) is 4.19. The van der Waals surface area contributed by atoms with Crippen molar-refractivity contribution in [3.8, 4) is 0 Å². The van der Waals surface area contributed by atoms with Crippen LogP contribution in [-0.2, 0) is 9.05 Å². The number of rotatable bonds is 4. The molecule has 1 N–H and O–H groups in total. The summed E-state index contributed by atoms with van der Waals surface area (Å²) in [6.07, 6.45) is 2.24. The molecule has 0 unspecified atom stereocenters. The number of amides is 1. The molecule has 0 atom stereocenters. The summed E-state index contributed by atoms with van der Waals surface area (Å²) >= 11 is 0.980. The summed E-state index contributed by atoms with van der Waals surface area (Å²) in [5.41, 5.74) is 1.04. The highest BCUT2D eigenvalue weighted by atomic mass is 35.7. The summed E-state index contributed by atoms with van der Waals surface area (Å²) in [4.78, 5) is 11.9. The lowest BCUT2D eigenvalue weighted by Crippen LogP contribution is -2.29. The zero-order chi connectivity index (χ0) is 13.6. The van der Waals surface area contributed by atoms with Crippen LogP contribution in [0.5, 0.6) is 0 Å². The Morgan fingerprint density at radius 1 is 1.56 bits per heavy atom. The first kappa shape index (κ1) is 13.8. The molecule has 0 aliphatic heterocycles. The van der Waals surface area contributed by atoms with Gasteiger partial charge in [-0.2, -0.15) is 0 Å². The van der Waals surface area contributed by atoms with E-state index >= 15 is 0 Å². The molecule has 1 amide bonds. The van der Waals surface area contributed by atoms with Crippen molar-refractivity contribution in [3.05, 3.63) is 16.5 Å². The fraction of sp³-hybridized carbons (Fsp3) is 0.545. The minimum absolute atomic E-state index is 0.0481. The van der Waals surface area contributed by atoms with Crippen molar-refractivity contribution < 1.29 is 13.2 Å². The molecule has 0 radical (unpaired) electrons. The number of halogens is 1. The Hall–Kier alpha value is -0.590. The van der Waals surface area contributed by atoms with E-state index in [-0.39, 0.29) is 15.5 Å². The lowest BCUT2D eigenvalue weighted by atomic mass is 10.1. The maximum absolute atomic E-state index is 11.9. The number of hydrogen-bond acceptors (Lipinski definition) is 4. The van der Waals surface area contributed by atoms with E-state index in [4.69, 9.17) is 10.7 Å². The van der Waals surface area contributed by atoms with Gasteiger partial charge in [0.25, 0.3) is 15.0 Å². The summed E-state index contributed by atoms with van der Waals surface area (Å²) in [6, 6.07) is 0. The van der Waals surface area contributed by atoms with E-state index in [0.29, 0.717) is 17.7 Å². The van der Waals surface area contributed by atoms with Gasteiger partial charge in [-0.1, -0.05) is 6.92 Å². The van der Waals surface area contributed by atoms with Gasteiger partial charge in [-0.25, -0.2) is 8.42 Å². The third-order valence-corrected chi connectivity index (χ3v) is 6.55. The number of carbonyl (C=O) groups excluding carboxylic acids is 1. The van der Waals surface area contributed by atoms with E-state index in [0.717, 1.165) is 24.2 Å². The van der Waals surface area contributed by atoms with Crippen LogP contribution in [0.2, 0.25) is 0 Å². The maximum atomic E-state index is 11.9. The van der Waals surface area contributed by atoms with E-state index in [1.165, 1.54) is 5.38 Å². The first-order valence-electron chi connectivity index (χ1n) is 5.54. The van der Waals surface area contributed by atoms with Crippen LogP contribution in [0.15, 0.2) is 9.59 Å². The number of nitrogens with one attached hydrogen (secondary N) is 1. The molecule has 0 aromatic carbocycles. The maximum Gasteiger partial charge on any atom is 0.271 e. The molecule has 1 heterocycles. The van der Waals surface area contributed by atoms with Crippen LogP contribution in [0.1, 0.15) is 35.7 Å². The standard InChI is InChI=1S/C11H14ClNO3S2/c1-7-8(5-17-10(7)18(12,15)16)9(14)13-6-11(2)3-4-11/h5H,3-4,6H2,1-2H3,(H,13,14). The molecule has 1 aliphatic carbocycles. The Bertz CT molecular complexity index is 587. The van der Waals surface area contributed by atoms with Gasteiger partial charge in [0.15, 0.2) is 0 Å². The van der Waals surface area contributed by atoms with Gasteiger partial charge < -0.3 is 5.32 Å². The van der Waals surface area contributed by atoms with Crippen LogP contribution in [0.3, 0.4) is 0 Å². The van der Waals surface area contributed by atoms with E-state index in [2.05, 4.69) is 12.2 Å². The quantitative estimate of drug-likeness (QED) is 0.869. The van der Waals surface area contributed by atoms with Crippen molar-refractivity contribution in [1.82, 2.24) is 5.32 Å². The Morgan fingerprint density at radius 2 is 2.17 bits per heavy atom. The summed E-state index contributed by atoms with van der Waals surface area (Å²) in [6.45, 7) is 4.34. The predicted molar refractivity (Wildman–Crippen MR) is 71.8 cm³/mol. The van der Waals surface area contributed by atoms with Gasteiger partial charge in [0, 0.05) is 22.6 Å². The first-order valence-corrected chi connectivity index (χ1v) is 8.73. The average Bonchev–Trinajstić information content (AvgIpc) is 2.84. The molecule has 0 bridgehead atoms. The van der Waals surface area contributed by atoms with Gasteiger partial charge in [0.05, 0.1) is 5.56 Å². The van der Waals surface area contributed by atoms with Crippen LogP contribution < -0.4 is 5.32 Å². The van der Waals surface area contributed by atoms with E-state index in [9.17, 15) is 13.2 Å². The second kappa shape index (κ2) is 4.51. The molecule has 4 nitrogen and oxygen atoms in total. The molecule has 1 aromatic rings. The number of carbonyl (C=O) groups is 1. The molecule has 1 fully saturated rings. The lowest BCUT2D eigenvalue weighted by molar-refractivity contribution is 0.0946. The van der Waals surface area contributed by atoms with Crippen LogP contribution in [-0.4, -0.2) is 20.9 Å². The molecule has 0 spiro atoms. The highest BCUT2D eigenvalue weighted by Crippen LogP contribution is 2.44. The molecule has 2 rings (SSSR count). The van der Waals surface area contributed by atoms with Gasteiger partial charge >= 0.3 is 0 Å². The highest BCUT2D eigenvalue weighted by Gasteiger charge is 2.37. The largest absolute Gasteiger partial charge is 0.351 e. The normalized spacial score (nSPS) is 17.5. The van der Waals surface area contributed by atoms with Gasteiger partial charge in [-0.15, -0.1) is 11.3 Å². The van der Waals surface area contributed by atoms with Gasteiger partial charge in [0.1, 0.15) is 4.21 Å². The lowest BCUT2D eigenvalue weighted by Gasteiger charge is -2.09. The number of thiophene rings is 1. The first-order chi connectivity index (χ1) is 8.23. The van der Waals surface area contributed by atoms with Gasteiger partial charge in [0.2, 0.25) is 0 Å². The Labute approximate surface area is 115 Å². The van der Waals surface area contributed by atoms with Crippen molar-refractivity contribution in [2.24, 2.45) is 5.41 Å². The Morgan fingerprint density at radius 3 is 2.61 bits per heavy atom. The summed E-state index contributed by atoms with van der Waals surface area (Å²) < 4.78 is 22.6. The third-order valence-electron chi connectivity index (χ3n) is 3.24. The van der Waals surface area contributed by atoms with Gasteiger partial charge in [-0.05, 0) is 30.7 Å². The zero-order valence-electron chi connectivity index (χ0n) is 10.1. The van der Waals surface area contributed by atoms with Crippen molar-refractivity contribution in [3.63, 3.8) is 0 Å². The van der Waals surface area contributed by atoms with E-state index in [1.54, 1.807) is 6.92 Å². The average molecular weight is 308 g/mol. The van der Waals surface area contributed by atoms with Crippen LogP contribution in [0, 0.1) is 12.3 Å².